The highest BCUT2D eigenvalue weighted by molar-refractivity contribution is 5.68. The fourth-order valence-electron chi connectivity index (χ4n) is 4.22. The first-order valence-electron chi connectivity index (χ1n) is 10.0. The number of halogens is 5. The molecule has 0 aromatic carbocycles. The fourth-order valence-corrected chi connectivity index (χ4v) is 4.22. The maximum absolute atomic E-state index is 14.2. The largest absolute Gasteiger partial charge is 0.431 e. The molecule has 176 valence electrons. The van der Waals surface area contributed by atoms with E-state index >= 15 is 0 Å². The summed E-state index contributed by atoms with van der Waals surface area (Å²) in [6.45, 7) is -2.26. The van der Waals surface area contributed by atoms with Gasteiger partial charge in [0.2, 0.25) is 5.54 Å². The van der Waals surface area contributed by atoms with Crippen LogP contribution in [-0.2, 0) is 10.3 Å². The standard InChI is InChI=1S/C19H18F5N7O2/c20-17(21)33-13-3-9(6-26-15(13)25)12-5-14(31-7-11-4-10(31)8-32-11)29-16(28-12)18(19(22,23)24)1-2-27-30-18/h2-3,5-6,10-11,17,30H,1,4,7-8H2,(H2,25,26)/t10-,11-,18?/m0/s1. The van der Waals surface area contributed by atoms with E-state index in [4.69, 9.17) is 10.5 Å². The van der Waals surface area contributed by atoms with Crippen LogP contribution < -0.4 is 20.8 Å². The van der Waals surface area contributed by atoms with E-state index in [-0.39, 0.29) is 35.0 Å². The second-order valence-electron chi connectivity index (χ2n) is 7.95. The maximum atomic E-state index is 14.2. The zero-order valence-electron chi connectivity index (χ0n) is 16.9. The van der Waals surface area contributed by atoms with Crippen LogP contribution in [0.3, 0.4) is 0 Å². The van der Waals surface area contributed by atoms with Gasteiger partial charge in [0, 0.05) is 37.0 Å². The molecule has 2 aromatic rings. The minimum Gasteiger partial charge on any atom is -0.431 e. The van der Waals surface area contributed by atoms with Crippen LogP contribution in [0.5, 0.6) is 5.75 Å². The molecule has 14 heteroatoms. The topological polar surface area (TPSA) is 111 Å². The van der Waals surface area contributed by atoms with Crippen LogP contribution in [0.1, 0.15) is 18.7 Å². The first kappa shape index (κ1) is 21.6. The summed E-state index contributed by atoms with van der Waals surface area (Å²) in [5, 5.41) is 3.57. The van der Waals surface area contributed by atoms with Crippen molar-refractivity contribution in [3.63, 3.8) is 0 Å². The van der Waals surface area contributed by atoms with Crippen LogP contribution in [0, 0.1) is 0 Å². The molecule has 1 unspecified atom stereocenters. The van der Waals surface area contributed by atoms with Crippen molar-refractivity contribution < 1.29 is 31.4 Å². The Labute approximate surface area is 183 Å². The van der Waals surface area contributed by atoms with Gasteiger partial charge < -0.3 is 20.1 Å². The van der Waals surface area contributed by atoms with Crippen molar-refractivity contribution in [2.75, 3.05) is 23.8 Å². The summed E-state index contributed by atoms with van der Waals surface area (Å²) < 4.78 is 77.9. The van der Waals surface area contributed by atoms with Gasteiger partial charge in [-0.15, -0.1) is 0 Å². The van der Waals surface area contributed by atoms with E-state index in [1.807, 2.05) is 4.90 Å². The minimum atomic E-state index is -4.77. The minimum absolute atomic E-state index is 0.0365. The molecule has 3 atom stereocenters. The lowest BCUT2D eigenvalue weighted by Gasteiger charge is -2.32. The monoisotopic (exact) mass is 471 g/mol. The van der Waals surface area contributed by atoms with Gasteiger partial charge in [-0.3, -0.25) is 5.43 Å². The zero-order valence-corrected chi connectivity index (χ0v) is 16.9. The highest BCUT2D eigenvalue weighted by Gasteiger charge is 2.60. The number of aromatic nitrogens is 3. The molecule has 3 aliphatic rings. The number of anilines is 2. The van der Waals surface area contributed by atoms with Crippen LogP contribution in [-0.4, -0.2) is 59.3 Å². The van der Waals surface area contributed by atoms with Crippen LogP contribution in [0.4, 0.5) is 33.6 Å². The van der Waals surface area contributed by atoms with Crippen molar-refractivity contribution >= 4 is 17.9 Å². The summed E-state index contributed by atoms with van der Waals surface area (Å²) in [4.78, 5) is 14.1. The number of ether oxygens (including phenoxy) is 2. The van der Waals surface area contributed by atoms with Crippen LogP contribution in [0.2, 0.25) is 0 Å². The number of hydrogen-bond acceptors (Lipinski definition) is 9. The Balaban J connectivity index is 1.64. The van der Waals surface area contributed by atoms with Gasteiger partial charge in [-0.05, 0) is 12.5 Å². The van der Waals surface area contributed by atoms with Crippen molar-refractivity contribution in [1.82, 2.24) is 20.4 Å². The van der Waals surface area contributed by atoms with E-state index in [9.17, 15) is 22.0 Å². The molecule has 3 N–H and O–H groups in total. The Kier molecular flexibility index (Phi) is 4.99. The Hall–Kier alpha value is -3.29. The van der Waals surface area contributed by atoms with E-state index in [0.717, 1.165) is 18.7 Å². The lowest BCUT2D eigenvalue weighted by atomic mass is 9.95. The fraction of sp³-hybridized carbons (Fsp3) is 0.474. The van der Waals surface area contributed by atoms with E-state index in [1.54, 1.807) is 0 Å². The lowest BCUT2D eigenvalue weighted by molar-refractivity contribution is -0.198. The average molecular weight is 471 g/mol. The Morgan fingerprint density at radius 2 is 2.09 bits per heavy atom. The average Bonchev–Trinajstić information content (AvgIpc) is 3.51. The third-order valence-corrected chi connectivity index (χ3v) is 5.91. The van der Waals surface area contributed by atoms with Gasteiger partial charge in [0.05, 0.1) is 24.4 Å². The SMILES string of the molecule is Nc1ncc(-c2cc(N3C[C@@H]4C[C@H]3CO4)nc(C3(C(F)(F)F)CC=NN3)n2)cc1OC(F)F. The number of nitrogen functional groups attached to an aromatic ring is 1. The number of hydrazone groups is 1. The van der Waals surface area contributed by atoms with Crippen molar-refractivity contribution in [3.8, 4) is 17.0 Å². The molecule has 0 saturated carbocycles. The number of pyridine rings is 1. The summed E-state index contributed by atoms with van der Waals surface area (Å²) in [6.07, 6.45) is -2.25. The zero-order chi connectivity index (χ0) is 23.4. The van der Waals surface area contributed by atoms with Gasteiger partial charge in [0.15, 0.2) is 17.4 Å². The molecule has 0 amide bonds. The molecule has 3 aliphatic heterocycles. The van der Waals surface area contributed by atoms with Gasteiger partial charge in [-0.1, -0.05) is 0 Å². The number of hydrogen-bond donors (Lipinski definition) is 2. The smallest absolute Gasteiger partial charge is 0.420 e. The van der Waals surface area contributed by atoms with Crippen LogP contribution >= 0.6 is 0 Å². The highest BCUT2D eigenvalue weighted by Crippen LogP contribution is 2.43. The van der Waals surface area contributed by atoms with E-state index in [0.29, 0.717) is 13.2 Å². The van der Waals surface area contributed by atoms with Crippen LogP contribution in [0.25, 0.3) is 11.3 Å². The number of fused-ring (bicyclic) bond motifs is 2. The molecule has 2 bridgehead atoms. The third-order valence-electron chi connectivity index (χ3n) is 5.91. The number of nitrogens with two attached hydrogens (primary N) is 1. The first-order valence-corrected chi connectivity index (χ1v) is 10.0. The quantitative estimate of drug-likeness (QED) is 0.640. The molecule has 0 aliphatic carbocycles. The summed E-state index contributed by atoms with van der Waals surface area (Å²) in [7, 11) is 0. The lowest BCUT2D eigenvalue weighted by Crippen LogP contribution is -2.51. The number of rotatable bonds is 5. The van der Waals surface area contributed by atoms with Gasteiger partial charge >= 0.3 is 12.8 Å². The molecular formula is C19H18F5N7O2. The molecule has 33 heavy (non-hydrogen) atoms. The summed E-state index contributed by atoms with van der Waals surface area (Å²) >= 11 is 0. The molecule has 2 fully saturated rings. The number of alkyl halides is 5. The number of morpholine rings is 1. The van der Waals surface area contributed by atoms with Crippen molar-refractivity contribution in [3.05, 3.63) is 24.2 Å². The Morgan fingerprint density at radius 1 is 1.27 bits per heavy atom. The van der Waals surface area contributed by atoms with Gasteiger partial charge in [-0.25, -0.2) is 15.0 Å². The molecule has 5 heterocycles. The Morgan fingerprint density at radius 3 is 2.70 bits per heavy atom. The summed E-state index contributed by atoms with van der Waals surface area (Å²) in [5.41, 5.74) is 5.27. The molecule has 0 radical (unpaired) electrons. The van der Waals surface area contributed by atoms with Crippen molar-refractivity contribution in [1.29, 1.82) is 0 Å². The van der Waals surface area contributed by atoms with E-state index in [1.165, 1.54) is 12.3 Å². The second kappa shape index (κ2) is 7.64. The predicted octanol–water partition coefficient (Wildman–Crippen LogP) is 2.44. The van der Waals surface area contributed by atoms with Gasteiger partial charge in [-0.2, -0.15) is 27.1 Å². The van der Waals surface area contributed by atoms with Gasteiger partial charge in [0.25, 0.3) is 0 Å². The highest BCUT2D eigenvalue weighted by atomic mass is 19.4. The summed E-state index contributed by atoms with van der Waals surface area (Å²) in [5.74, 6) is -0.987. The number of nitrogens with zero attached hydrogens (tertiary/aromatic N) is 5. The van der Waals surface area contributed by atoms with Gasteiger partial charge in [0.1, 0.15) is 5.82 Å². The second-order valence-corrected chi connectivity index (χ2v) is 7.95. The van der Waals surface area contributed by atoms with Crippen LogP contribution in [0.15, 0.2) is 23.4 Å². The van der Waals surface area contributed by atoms with E-state index < -0.39 is 36.3 Å². The molecule has 0 spiro atoms. The third kappa shape index (κ3) is 3.67. The Bertz CT molecular complexity index is 1090. The summed E-state index contributed by atoms with van der Waals surface area (Å²) in [6, 6.07) is 2.61. The number of nitrogens with one attached hydrogen (secondary N) is 1. The van der Waals surface area contributed by atoms with E-state index in [2.05, 4.69) is 30.2 Å². The molecular weight excluding hydrogens is 453 g/mol. The molecule has 5 rings (SSSR count). The predicted molar refractivity (Wildman–Crippen MR) is 106 cm³/mol. The molecule has 9 nitrogen and oxygen atoms in total. The normalized spacial score (nSPS) is 26.3. The molecule has 2 aromatic heterocycles. The maximum Gasteiger partial charge on any atom is 0.420 e. The van der Waals surface area contributed by atoms with Crippen molar-refractivity contribution in [2.45, 2.75) is 43.3 Å². The van der Waals surface area contributed by atoms with Crippen molar-refractivity contribution in [2.24, 2.45) is 5.10 Å². The first-order chi connectivity index (χ1) is 15.7. The molecule has 2 saturated heterocycles.